The van der Waals surface area contributed by atoms with Gasteiger partial charge in [-0.05, 0) is 43.5 Å². The SMILES string of the molecule is N#CCCN(C(=O)COC(=O)c1nn(-c2ccccc2)c2c1CCC2)c1ccccc1F. The Balaban J connectivity index is 1.51. The highest BCUT2D eigenvalue weighted by Crippen LogP contribution is 2.28. The number of nitrogens with zero attached hydrogens (tertiary/aromatic N) is 4. The summed E-state index contributed by atoms with van der Waals surface area (Å²) in [5, 5.41) is 13.3. The Morgan fingerprint density at radius 1 is 1.12 bits per heavy atom. The van der Waals surface area contributed by atoms with E-state index in [0.717, 1.165) is 34.7 Å². The fraction of sp³-hybridized carbons (Fsp3) is 0.250. The number of hydrogen-bond donors (Lipinski definition) is 0. The molecule has 0 aliphatic heterocycles. The first-order valence-corrected chi connectivity index (χ1v) is 10.4. The van der Waals surface area contributed by atoms with Gasteiger partial charge in [0.25, 0.3) is 5.91 Å². The van der Waals surface area contributed by atoms with Gasteiger partial charge in [0, 0.05) is 17.8 Å². The maximum absolute atomic E-state index is 14.2. The number of hydrogen-bond acceptors (Lipinski definition) is 5. The van der Waals surface area contributed by atoms with Gasteiger partial charge in [0.1, 0.15) is 5.82 Å². The fourth-order valence-electron chi connectivity index (χ4n) is 3.87. The molecule has 32 heavy (non-hydrogen) atoms. The average molecular weight is 432 g/mol. The van der Waals surface area contributed by atoms with Crippen LogP contribution in [0.25, 0.3) is 5.69 Å². The molecule has 0 unspecified atom stereocenters. The number of aromatic nitrogens is 2. The number of nitriles is 1. The van der Waals surface area contributed by atoms with Crippen LogP contribution in [0, 0.1) is 17.1 Å². The van der Waals surface area contributed by atoms with Crippen LogP contribution in [-0.4, -0.2) is 34.8 Å². The molecule has 1 aliphatic carbocycles. The molecule has 7 nitrogen and oxygen atoms in total. The molecule has 0 fully saturated rings. The number of ether oxygens (including phenoxy) is 1. The summed E-state index contributed by atoms with van der Waals surface area (Å²) in [6, 6.07) is 17.2. The van der Waals surface area contributed by atoms with Crippen molar-refractivity contribution in [2.45, 2.75) is 25.7 Å². The van der Waals surface area contributed by atoms with Gasteiger partial charge in [-0.15, -0.1) is 0 Å². The van der Waals surface area contributed by atoms with Crippen LogP contribution in [0.2, 0.25) is 0 Å². The second kappa shape index (κ2) is 9.43. The highest BCUT2D eigenvalue weighted by molar-refractivity contribution is 5.97. The van der Waals surface area contributed by atoms with Crippen LogP contribution in [0.5, 0.6) is 0 Å². The molecule has 1 aliphatic rings. The van der Waals surface area contributed by atoms with Crippen LogP contribution in [0.1, 0.15) is 34.6 Å². The van der Waals surface area contributed by atoms with Gasteiger partial charge in [-0.25, -0.2) is 13.9 Å². The summed E-state index contributed by atoms with van der Waals surface area (Å²) in [6.45, 7) is -0.586. The summed E-state index contributed by atoms with van der Waals surface area (Å²) in [5.41, 5.74) is 2.89. The third kappa shape index (κ3) is 4.23. The summed E-state index contributed by atoms with van der Waals surface area (Å²) >= 11 is 0. The highest BCUT2D eigenvalue weighted by atomic mass is 19.1. The quantitative estimate of drug-likeness (QED) is 0.532. The van der Waals surface area contributed by atoms with Gasteiger partial charge >= 0.3 is 5.97 Å². The van der Waals surface area contributed by atoms with Crippen molar-refractivity contribution >= 4 is 17.6 Å². The van der Waals surface area contributed by atoms with Gasteiger partial charge in [0.15, 0.2) is 12.3 Å². The molecule has 2 aromatic carbocycles. The van der Waals surface area contributed by atoms with Gasteiger partial charge in [0.2, 0.25) is 0 Å². The van der Waals surface area contributed by atoms with Crippen LogP contribution in [0.4, 0.5) is 10.1 Å². The van der Waals surface area contributed by atoms with E-state index in [9.17, 15) is 14.0 Å². The van der Waals surface area contributed by atoms with Crippen LogP contribution >= 0.6 is 0 Å². The van der Waals surface area contributed by atoms with E-state index >= 15 is 0 Å². The Bertz CT molecular complexity index is 1180. The van der Waals surface area contributed by atoms with Gasteiger partial charge in [-0.1, -0.05) is 30.3 Å². The third-order valence-electron chi connectivity index (χ3n) is 5.34. The smallest absolute Gasteiger partial charge is 0.359 e. The third-order valence-corrected chi connectivity index (χ3v) is 5.34. The number of benzene rings is 2. The standard InChI is InChI=1S/C24H21FN4O3/c25-19-11-4-5-12-21(19)28(15-7-14-26)22(30)16-32-24(31)23-18-10-6-13-20(18)29(27-23)17-8-2-1-3-9-17/h1-5,8-9,11-12H,6-7,10,13,15-16H2. The zero-order chi connectivity index (χ0) is 22.5. The molecule has 162 valence electrons. The lowest BCUT2D eigenvalue weighted by Crippen LogP contribution is -2.36. The number of esters is 1. The number of fused-ring (bicyclic) bond motifs is 1. The van der Waals surface area contributed by atoms with Crippen LogP contribution in [-0.2, 0) is 22.4 Å². The lowest BCUT2D eigenvalue weighted by Gasteiger charge is -2.22. The topological polar surface area (TPSA) is 88.2 Å². The Kier molecular flexibility index (Phi) is 6.26. The first-order chi connectivity index (χ1) is 15.6. The van der Waals surface area contributed by atoms with E-state index in [4.69, 9.17) is 10.00 Å². The van der Waals surface area contributed by atoms with Gasteiger partial charge in [0.05, 0.1) is 23.9 Å². The fourth-order valence-corrected chi connectivity index (χ4v) is 3.87. The summed E-state index contributed by atoms with van der Waals surface area (Å²) < 4.78 is 21.2. The van der Waals surface area contributed by atoms with E-state index in [-0.39, 0.29) is 24.3 Å². The van der Waals surface area contributed by atoms with E-state index in [2.05, 4.69) is 5.10 Å². The number of anilines is 1. The number of para-hydroxylation sites is 2. The Morgan fingerprint density at radius 3 is 2.62 bits per heavy atom. The predicted molar refractivity (Wildman–Crippen MR) is 115 cm³/mol. The molecular formula is C24H21FN4O3. The first kappa shape index (κ1) is 21.2. The Labute approximate surface area is 184 Å². The molecule has 0 bridgehead atoms. The van der Waals surface area contributed by atoms with Crippen molar-refractivity contribution in [3.8, 4) is 11.8 Å². The number of rotatable bonds is 7. The molecule has 0 saturated heterocycles. The van der Waals surface area contributed by atoms with E-state index in [1.165, 1.54) is 18.2 Å². The normalized spacial score (nSPS) is 12.1. The van der Waals surface area contributed by atoms with Crippen LogP contribution in [0.15, 0.2) is 54.6 Å². The molecule has 3 aromatic rings. The van der Waals surface area contributed by atoms with Crippen molar-refractivity contribution in [2.24, 2.45) is 0 Å². The zero-order valence-electron chi connectivity index (χ0n) is 17.3. The summed E-state index contributed by atoms with van der Waals surface area (Å²) in [4.78, 5) is 26.7. The molecule has 1 heterocycles. The molecule has 0 atom stereocenters. The summed E-state index contributed by atoms with van der Waals surface area (Å²) in [6.07, 6.45) is 2.44. The number of halogens is 1. The Morgan fingerprint density at radius 2 is 1.88 bits per heavy atom. The maximum atomic E-state index is 14.2. The lowest BCUT2D eigenvalue weighted by atomic mass is 10.2. The molecule has 0 saturated carbocycles. The average Bonchev–Trinajstić information content (AvgIpc) is 3.42. The van der Waals surface area contributed by atoms with E-state index in [1.54, 1.807) is 10.7 Å². The second-order valence-corrected chi connectivity index (χ2v) is 7.36. The minimum atomic E-state index is -0.694. The summed E-state index contributed by atoms with van der Waals surface area (Å²) in [5.74, 6) is -1.90. The first-order valence-electron chi connectivity index (χ1n) is 10.4. The van der Waals surface area contributed by atoms with Crippen molar-refractivity contribution in [1.29, 1.82) is 5.26 Å². The van der Waals surface area contributed by atoms with Crippen molar-refractivity contribution in [3.05, 3.63) is 77.4 Å². The summed E-state index contributed by atoms with van der Waals surface area (Å²) in [7, 11) is 0. The number of carbonyl (C=O) groups is 2. The molecule has 1 amide bonds. The predicted octanol–water partition coefficient (Wildman–Crippen LogP) is 3.60. The largest absolute Gasteiger partial charge is 0.451 e. The van der Waals surface area contributed by atoms with Crippen molar-refractivity contribution in [1.82, 2.24) is 9.78 Å². The molecule has 0 spiro atoms. The second-order valence-electron chi connectivity index (χ2n) is 7.36. The van der Waals surface area contributed by atoms with E-state index in [1.807, 2.05) is 36.4 Å². The number of carbonyl (C=O) groups excluding carboxylic acids is 2. The Hall–Kier alpha value is -3.99. The van der Waals surface area contributed by atoms with Gasteiger partial charge in [-0.2, -0.15) is 10.4 Å². The van der Waals surface area contributed by atoms with Crippen molar-refractivity contribution in [2.75, 3.05) is 18.1 Å². The van der Waals surface area contributed by atoms with Crippen molar-refractivity contribution < 1.29 is 18.7 Å². The molecule has 8 heteroatoms. The minimum absolute atomic E-state index is 0.00809. The zero-order valence-corrected chi connectivity index (χ0v) is 17.3. The van der Waals surface area contributed by atoms with Gasteiger partial charge < -0.3 is 9.64 Å². The van der Waals surface area contributed by atoms with Crippen molar-refractivity contribution in [3.63, 3.8) is 0 Å². The maximum Gasteiger partial charge on any atom is 0.359 e. The van der Waals surface area contributed by atoms with Crippen LogP contribution < -0.4 is 4.90 Å². The van der Waals surface area contributed by atoms with Crippen LogP contribution in [0.3, 0.4) is 0 Å². The highest BCUT2D eigenvalue weighted by Gasteiger charge is 2.29. The molecule has 0 N–H and O–H groups in total. The van der Waals surface area contributed by atoms with Gasteiger partial charge in [-0.3, -0.25) is 4.79 Å². The molecule has 1 aromatic heterocycles. The number of amides is 1. The molecule has 4 rings (SSSR count). The monoisotopic (exact) mass is 432 g/mol. The minimum Gasteiger partial charge on any atom is -0.451 e. The lowest BCUT2D eigenvalue weighted by molar-refractivity contribution is -0.121. The van der Waals surface area contributed by atoms with E-state index in [0.29, 0.717) is 6.42 Å². The molecule has 0 radical (unpaired) electrons. The van der Waals surface area contributed by atoms with E-state index < -0.39 is 24.3 Å². The molecular weight excluding hydrogens is 411 g/mol.